The summed E-state index contributed by atoms with van der Waals surface area (Å²) in [6, 6.07) is 4.21. The minimum absolute atomic E-state index is 0.0724. The van der Waals surface area contributed by atoms with Gasteiger partial charge in [-0.25, -0.2) is 4.39 Å². The third-order valence-corrected chi connectivity index (χ3v) is 2.45. The van der Waals surface area contributed by atoms with Gasteiger partial charge in [-0.1, -0.05) is 0 Å². The first-order chi connectivity index (χ1) is 9.15. The molecule has 0 bridgehead atoms. The zero-order valence-corrected chi connectivity index (χ0v) is 11.3. The minimum atomic E-state index is -0.564. The zero-order valence-electron chi connectivity index (χ0n) is 11.3. The molecule has 0 amide bonds. The van der Waals surface area contributed by atoms with Gasteiger partial charge in [0, 0.05) is 26.4 Å². The molecule has 19 heavy (non-hydrogen) atoms. The van der Waals surface area contributed by atoms with Crippen LogP contribution in [0.1, 0.15) is 23.7 Å². The van der Waals surface area contributed by atoms with Gasteiger partial charge in [0.05, 0.1) is 12.2 Å². The van der Waals surface area contributed by atoms with Crippen molar-refractivity contribution in [2.24, 2.45) is 0 Å². The number of ether oxygens (including phenoxy) is 3. The van der Waals surface area contributed by atoms with Crippen molar-refractivity contribution in [1.82, 2.24) is 0 Å². The van der Waals surface area contributed by atoms with E-state index in [1.54, 1.807) is 13.2 Å². The molecule has 4 nitrogen and oxygen atoms in total. The maximum atomic E-state index is 13.5. The Morgan fingerprint density at radius 1 is 1.21 bits per heavy atom. The van der Waals surface area contributed by atoms with Crippen LogP contribution in [-0.4, -0.2) is 39.3 Å². The Hall–Kier alpha value is -1.46. The van der Waals surface area contributed by atoms with E-state index in [4.69, 9.17) is 14.2 Å². The number of hydrogen-bond acceptors (Lipinski definition) is 4. The molecule has 0 fully saturated rings. The topological polar surface area (TPSA) is 44.8 Å². The van der Waals surface area contributed by atoms with Gasteiger partial charge >= 0.3 is 0 Å². The van der Waals surface area contributed by atoms with Crippen molar-refractivity contribution in [2.75, 3.05) is 33.5 Å². The number of ketones is 1. The molecule has 106 valence electrons. The van der Waals surface area contributed by atoms with E-state index in [0.717, 1.165) is 6.42 Å². The molecule has 0 saturated heterocycles. The Bertz CT molecular complexity index is 406. The summed E-state index contributed by atoms with van der Waals surface area (Å²) in [6.45, 7) is 3.37. The molecular weight excluding hydrogens is 251 g/mol. The van der Waals surface area contributed by atoms with Crippen LogP contribution in [0.5, 0.6) is 5.75 Å². The van der Waals surface area contributed by atoms with Crippen LogP contribution in [0.15, 0.2) is 18.2 Å². The number of methoxy groups -OCH3 is 1. The molecule has 5 heteroatoms. The van der Waals surface area contributed by atoms with Crippen molar-refractivity contribution >= 4 is 5.78 Å². The number of halogens is 1. The van der Waals surface area contributed by atoms with Crippen molar-refractivity contribution in [3.05, 3.63) is 29.6 Å². The van der Waals surface area contributed by atoms with Gasteiger partial charge in [-0.2, -0.15) is 0 Å². The molecule has 0 aromatic heterocycles. The van der Waals surface area contributed by atoms with Crippen LogP contribution in [0.2, 0.25) is 0 Å². The largest absolute Gasteiger partial charge is 0.491 e. The summed E-state index contributed by atoms with van der Waals surface area (Å²) in [6.07, 6.45) is 0.832. The monoisotopic (exact) mass is 270 g/mol. The summed E-state index contributed by atoms with van der Waals surface area (Å²) in [5.41, 5.74) is 0.0724. The van der Waals surface area contributed by atoms with Crippen molar-refractivity contribution in [1.29, 1.82) is 0 Å². The summed E-state index contributed by atoms with van der Waals surface area (Å²) in [7, 11) is 1.64. The Morgan fingerprint density at radius 2 is 2.00 bits per heavy atom. The fourth-order valence-electron chi connectivity index (χ4n) is 1.50. The highest BCUT2D eigenvalue weighted by Crippen LogP contribution is 2.16. The second-order valence-electron chi connectivity index (χ2n) is 4.01. The van der Waals surface area contributed by atoms with Gasteiger partial charge in [-0.3, -0.25) is 4.79 Å². The molecule has 0 aliphatic carbocycles. The van der Waals surface area contributed by atoms with Gasteiger partial charge in [-0.15, -0.1) is 0 Å². The maximum Gasteiger partial charge on any atom is 0.162 e. The average Bonchev–Trinajstić information content (AvgIpc) is 2.37. The fourth-order valence-corrected chi connectivity index (χ4v) is 1.50. The maximum absolute atomic E-state index is 13.5. The highest BCUT2D eigenvalue weighted by atomic mass is 19.1. The molecule has 0 aliphatic rings. The lowest BCUT2D eigenvalue weighted by Crippen LogP contribution is -2.09. The van der Waals surface area contributed by atoms with Crippen molar-refractivity contribution in [3.63, 3.8) is 0 Å². The fraction of sp³-hybridized carbons (Fsp3) is 0.500. The van der Waals surface area contributed by atoms with E-state index in [1.165, 1.54) is 19.1 Å². The number of carbonyl (C=O) groups is 1. The first-order valence-electron chi connectivity index (χ1n) is 6.15. The predicted molar refractivity (Wildman–Crippen MR) is 69.2 cm³/mol. The SMILES string of the molecule is COCCCOCCOc1ccc(C(C)=O)c(F)c1. The van der Waals surface area contributed by atoms with Crippen LogP contribution in [0.4, 0.5) is 4.39 Å². The highest BCUT2D eigenvalue weighted by Gasteiger charge is 2.08. The molecule has 1 aromatic carbocycles. The predicted octanol–water partition coefficient (Wildman–Crippen LogP) is 2.46. The molecular formula is C14H19FO4. The molecule has 0 spiro atoms. The molecule has 0 saturated carbocycles. The van der Waals surface area contributed by atoms with Crippen molar-refractivity contribution < 1.29 is 23.4 Å². The standard InChI is InChI=1S/C14H19FO4/c1-11(16)13-5-4-12(10-14(13)15)19-9-8-18-7-3-6-17-2/h4-5,10H,3,6-9H2,1-2H3. The van der Waals surface area contributed by atoms with E-state index in [2.05, 4.69) is 0 Å². The van der Waals surface area contributed by atoms with Gasteiger partial charge in [-0.05, 0) is 25.5 Å². The average molecular weight is 270 g/mol. The lowest BCUT2D eigenvalue weighted by molar-refractivity contribution is 0.0805. The molecule has 0 radical (unpaired) electrons. The molecule has 0 heterocycles. The molecule has 0 N–H and O–H groups in total. The number of carbonyl (C=O) groups excluding carboxylic acids is 1. The summed E-state index contributed by atoms with van der Waals surface area (Å²) in [5, 5.41) is 0. The van der Waals surface area contributed by atoms with Gasteiger partial charge in [0.1, 0.15) is 18.2 Å². The van der Waals surface area contributed by atoms with Crippen LogP contribution in [0.25, 0.3) is 0 Å². The first-order valence-corrected chi connectivity index (χ1v) is 6.15. The Morgan fingerprint density at radius 3 is 2.63 bits per heavy atom. The molecule has 0 atom stereocenters. The molecule has 0 unspecified atom stereocenters. The first kappa shape index (κ1) is 15.6. The molecule has 1 rings (SSSR count). The van der Waals surface area contributed by atoms with Gasteiger partial charge in [0.15, 0.2) is 5.78 Å². The zero-order chi connectivity index (χ0) is 14.1. The smallest absolute Gasteiger partial charge is 0.162 e. The molecule has 1 aromatic rings. The van der Waals surface area contributed by atoms with E-state index < -0.39 is 5.82 Å². The van der Waals surface area contributed by atoms with Crippen molar-refractivity contribution in [3.8, 4) is 5.75 Å². The minimum Gasteiger partial charge on any atom is -0.491 e. The Labute approximate surface area is 112 Å². The van der Waals surface area contributed by atoms with Gasteiger partial charge in [0.25, 0.3) is 0 Å². The Kier molecular flexibility index (Phi) is 7.07. The summed E-state index contributed by atoms with van der Waals surface area (Å²) >= 11 is 0. The van der Waals surface area contributed by atoms with Crippen LogP contribution in [0.3, 0.4) is 0 Å². The van der Waals surface area contributed by atoms with Crippen LogP contribution >= 0.6 is 0 Å². The van der Waals surface area contributed by atoms with Crippen LogP contribution < -0.4 is 4.74 Å². The lowest BCUT2D eigenvalue weighted by Gasteiger charge is -2.08. The van der Waals surface area contributed by atoms with E-state index in [-0.39, 0.29) is 11.3 Å². The van der Waals surface area contributed by atoms with E-state index in [1.807, 2.05) is 0 Å². The van der Waals surface area contributed by atoms with Crippen LogP contribution in [-0.2, 0) is 9.47 Å². The third kappa shape index (κ3) is 5.81. The van der Waals surface area contributed by atoms with E-state index >= 15 is 0 Å². The second kappa shape index (κ2) is 8.61. The van der Waals surface area contributed by atoms with Gasteiger partial charge < -0.3 is 14.2 Å². The van der Waals surface area contributed by atoms with E-state index in [0.29, 0.717) is 32.2 Å². The number of hydrogen-bond donors (Lipinski definition) is 0. The van der Waals surface area contributed by atoms with Gasteiger partial charge in [0.2, 0.25) is 0 Å². The number of Topliss-reactive ketones (excluding diaryl/α,β-unsaturated/α-hetero) is 1. The summed E-state index contributed by atoms with van der Waals surface area (Å²) < 4.78 is 29.0. The Balaban J connectivity index is 2.26. The quantitative estimate of drug-likeness (QED) is 0.511. The highest BCUT2D eigenvalue weighted by molar-refractivity contribution is 5.94. The summed E-state index contributed by atoms with van der Waals surface area (Å²) in [4.78, 5) is 11.1. The van der Waals surface area contributed by atoms with Crippen LogP contribution in [0, 0.1) is 5.82 Å². The normalized spacial score (nSPS) is 10.5. The van der Waals surface area contributed by atoms with Crippen molar-refractivity contribution in [2.45, 2.75) is 13.3 Å². The number of benzene rings is 1. The number of rotatable bonds is 9. The lowest BCUT2D eigenvalue weighted by atomic mass is 10.1. The van der Waals surface area contributed by atoms with E-state index in [9.17, 15) is 9.18 Å². The second-order valence-corrected chi connectivity index (χ2v) is 4.01. The summed E-state index contributed by atoms with van der Waals surface area (Å²) in [5.74, 6) is -0.473. The molecule has 0 aliphatic heterocycles. The third-order valence-electron chi connectivity index (χ3n) is 2.45.